The molecule has 3 atom stereocenters. The third-order valence-electron chi connectivity index (χ3n) is 7.29. The molecular formula is C31H43F2N3O6. The van der Waals surface area contributed by atoms with Gasteiger partial charge in [0.05, 0.1) is 32.5 Å². The van der Waals surface area contributed by atoms with E-state index in [-0.39, 0.29) is 24.9 Å². The summed E-state index contributed by atoms with van der Waals surface area (Å²) in [6.45, 7) is 5.36. The maximum Gasteiger partial charge on any atom is 0.407 e. The molecule has 1 heterocycles. The number of hydrogen-bond donors (Lipinski definition) is 4. The quantitative estimate of drug-likeness (QED) is 0.235. The fourth-order valence-electron chi connectivity index (χ4n) is 5.04. The number of aryl methyl sites for hydroxylation is 1. The van der Waals surface area contributed by atoms with Gasteiger partial charge < -0.3 is 35.3 Å². The van der Waals surface area contributed by atoms with Crippen LogP contribution in [0.4, 0.5) is 13.6 Å². The van der Waals surface area contributed by atoms with Crippen LogP contribution in [0.3, 0.4) is 0 Å². The molecule has 2 aromatic rings. The molecule has 2 aromatic carbocycles. The number of ether oxygens (including phenoxy) is 3. The van der Waals surface area contributed by atoms with E-state index < -0.39 is 47.6 Å². The third kappa shape index (κ3) is 10.3. The molecule has 0 saturated carbocycles. The zero-order valence-corrected chi connectivity index (χ0v) is 24.6. The minimum Gasteiger partial charge on any atom is -0.453 e. The Bertz CT molecular complexity index is 1140. The summed E-state index contributed by atoms with van der Waals surface area (Å²) in [6.07, 6.45) is 1.07. The summed E-state index contributed by atoms with van der Waals surface area (Å²) in [4.78, 5) is 25.8. The van der Waals surface area contributed by atoms with Crippen LogP contribution in [-0.4, -0.2) is 68.0 Å². The Morgan fingerprint density at radius 3 is 2.36 bits per heavy atom. The Labute approximate surface area is 246 Å². The van der Waals surface area contributed by atoms with Gasteiger partial charge in [-0.2, -0.15) is 0 Å². The second-order valence-corrected chi connectivity index (χ2v) is 10.6. The van der Waals surface area contributed by atoms with Crippen LogP contribution < -0.4 is 16.0 Å². The molecule has 0 aromatic heterocycles. The highest BCUT2D eigenvalue weighted by molar-refractivity contribution is 5.86. The van der Waals surface area contributed by atoms with E-state index in [0.717, 1.165) is 43.0 Å². The number of nitrogens with one attached hydrogen (secondary N) is 3. The topological polar surface area (TPSA) is 118 Å². The fourth-order valence-corrected chi connectivity index (χ4v) is 5.04. The van der Waals surface area contributed by atoms with Crippen LogP contribution in [0.1, 0.15) is 56.2 Å². The normalized spacial score (nSPS) is 16.4. The van der Waals surface area contributed by atoms with E-state index in [1.54, 1.807) is 0 Å². The Morgan fingerprint density at radius 1 is 1.02 bits per heavy atom. The van der Waals surface area contributed by atoms with Crippen molar-refractivity contribution in [2.75, 3.05) is 26.9 Å². The number of aliphatic hydroxyl groups excluding tert-OH is 1. The molecule has 1 saturated heterocycles. The predicted molar refractivity (Wildman–Crippen MR) is 154 cm³/mol. The molecule has 42 heavy (non-hydrogen) atoms. The third-order valence-corrected chi connectivity index (χ3v) is 7.29. The highest BCUT2D eigenvalue weighted by atomic mass is 19.1. The molecule has 11 heteroatoms. The first-order valence-electron chi connectivity index (χ1n) is 14.5. The molecule has 9 nitrogen and oxygen atoms in total. The van der Waals surface area contributed by atoms with Crippen molar-refractivity contribution in [2.45, 2.75) is 82.9 Å². The van der Waals surface area contributed by atoms with Gasteiger partial charge in [-0.3, -0.25) is 4.79 Å². The summed E-state index contributed by atoms with van der Waals surface area (Å²) < 4.78 is 44.5. The molecule has 1 fully saturated rings. The van der Waals surface area contributed by atoms with Gasteiger partial charge in [0.2, 0.25) is 5.91 Å². The van der Waals surface area contributed by atoms with Crippen LogP contribution >= 0.6 is 0 Å². The molecule has 0 spiro atoms. The number of unbranched alkanes of at least 4 members (excludes halogenated alkanes) is 1. The van der Waals surface area contributed by atoms with Gasteiger partial charge in [-0.1, -0.05) is 44.5 Å². The van der Waals surface area contributed by atoms with Crippen LogP contribution in [0.5, 0.6) is 0 Å². The average Bonchev–Trinajstić information content (AvgIpc) is 3.43. The van der Waals surface area contributed by atoms with Gasteiger partial charge >= 0.3 is 6.09 Å². The summed E-state index contributed by atoms with van der Waals surface area (Å²) in [5, 5.41) is 19.7. The van der Waals surface area contributed by atoms with E-state index in [4.69, 9.17) is 14.2 Å². The van der Waals surface area contributed by atoms with Crippen LogP contribution in [0, 0.1) is 11.6 Å². The van der Waals surface area contributed by atoms with Crippen LogP contribution in [0.2, 0.25) is 0 Å². The smallest absolute Gasteiger partial charge is 0.407 e. The number of aliphatic hydroxyl groups is 1. The van der Waals surface area contributed by atoms with Crippen molar-refractivity contribution >= 4 is 12.0 Å². The first-order valence-corrected chi connectivity index (χ1v) is 14.5. The molecule has 1 aliphatic rings. The standard InChI is InChI=1S/C31H43F2N3O6/c1-4-6-10-31(41-11-12-42-31)18-27(36-30(39)40-3)29(38)35-26(16-23-14-24(32)17-25(33)15-23)28(37)20-34-19-22-9-7-8-21(5-2)13-22/h7-9,13-15,17,26-28,34,37H,4-6,10-12,16,18-20H2,1-3H3,(H,35,38)(H,36,39)/t26-,27+,28+/m0/s1. The molecule has 0 radical (unpaired) electrons. The predicted octanol–water partition coefficient (Wildman–Crippen LogP) is 3.75. The summed E-state index contributed by atoms with van der Waals surface area (Å²) in [5.74, 6) is -3.21. The second-order valence-electron chi connectivity index (χ2n) is 10.6. The lowest BCUT2D eigenvalue weighted by atomic mass is 9.97. The highest BCUT2D eigenvalue weighted by Crippen LogP contribution is 2.31. The van der Waals surface area contributed by atoms with Gasteiger partial charge in [-0.25, -0.2) is 13.6 Å². The van der Waals surface area contributed by atoms with Crippen LogP contribution in [0.25, 0.3) is 0 Å². The number of carbonyl (C=O) groups excluding carboxylic acids is 2. The molecule has 232 valence electrons. The lowest BCUT2D eigenvalue weighted by Crippen LogP contribution is -2.56. The lowest BCUT2D eigenvalue weighted by molar-refractivity contribution is -0.174. The maximum atomic E-state index is 14.0. The van der Waals surface area contributed by atoms with E-state index in [1.165, 1.54) is 12.7 Å². The number of hydrogen-bond acceptors (Lipinski definition) is 7. The van der Waals surface area contributed by atoms with Gasteiger partial charge in [0.1, 0.15) is 17.7 Å². The number of benzene rings is 2. The summed E-state index contributed by atoms with van der Waals surface area (Å²) >= 11 is 0. The van der Waals surface area contributed by atoms with E-state index in [1.807, 2.05) is 25.1 Å². The van der Waals surface area contributed by atoms with Gasteiger partial charge in [0, 0.05) is 32.0 Å². The lowest BCUT2D eigenvalue weighted by Gasteiger charge is -2.32. The molecule has 4 N–H and O–H groups in total. The zero-order chi connectivity index (χ0) is 30.5. The Balaban J connectivity index is 1.78. The molecule has 2 amide bonds. The van der Waals surface area contributed by atoms with Crippen LogP contribution in [0.15, 0.2) is 42.5 Å². The van der Waals surface area contributed by atoms with Crippen molar-refractivity contribution in [3.63, 3.8) is 0 Å². The van der Waals surface area contributed by atoms with E-state index in [9.17, 15) is 23.5 Å². The molecule has 0 unspecified atom stereocenters. The highest BCUT2D eigenvalue weighted by Gasteiger charge is 2.41. The number of methoxy groups -OCH3 is 1. The summed E-state index contributed by atoms with van der Waals surface area (Å²) in [5.41, 5.74) is 2.47. The number of amides is 2. The molecule has 0 bridgehead atoms. The van der Waals surface area contributed by atoms with Gasteiger partial charge in [-0.05, 0) is 48.1 Å². The average molecular weight is 592 g/mol. The maximum absolute atomic E-state index is 14.0. The van der Waals surface area contributed by atoms with Crippen molar-refractivity contribution in [3.05, 3.63) is 70.8 Å². The van der Waals surface area contributed by atoms with Crippen molar-refractivity contribution in [2.24, 2.45) is 0 Å². The van der Waals surface area contributed by atoms with E-state index in [2.05, 4.69) is 28.9 Å². The monoisotopic (exact) mass is 591 g/mol. The van der Waals surface area contributed by atoms with Crippen LogP contribution in [-0.2, 0) is 38.4 Å². The largest absolute Gasteiger partial charge is 0.453 e. The Kier molecular flexibility index (Phi) is 13.1. The number of alkyl carbamates (subject to hydrolysis) is 1. The molecular weight excluding hydrogens is 548 g/mol. The molecule has 1 aliphatic heterocycles. The first kappa shape index (κ1) is 33.4. The molecule has 0 aliphatic carbocycles. The minimum atomic E-state index is -1.14. The Morgan fingerprint density at radius 2 is 1.71 bits per heavy atom. The van der Waals surface area contributed by atoms with Crippen molar-refractivity contribution in [3.8, 4) is 0 Å². The fraction of sp³-hybridized carbons (Fsp3) is 0.548. The van der Waals surface area contributed by atoms with E-state index in [0.29, 0.717) is 26.2 Å². The first-order chi connectivity index (χ1) is 20.2. The second kappa shape index (κ2) is 16.5. The number of carbonyl (C=O) groups is 2. The summed E-state index contributed by atoms with van der Waals surface area (Å²) in [6, 6.07) is 9.03. The van der Waals surface area contributed by atoms with E-state index >= 15 is 0 Å². The van der Waals surface area contributed by atoms with Gasteiger partial charge in [-0.15, -0.1) is 0 Å². The zero-order valence-electron chi connectivity index (χ0n) is 24.6. The van der Waals surface area contributed by atoms with Crippen molar-refractivity contribution in [1.29, 1.82) is 0 Å². The van der Waals surface area contributed by atoms with Gasteiger partial charge in [0.25, 0.3) is 0 Å². The van der Waals surface area contributed by atoms with Crippen molar-refractivity contribution < 1.29 is 37.7 Å². The van der Waals surface area contributed by atoms with Gasteiger partial charge in [0.15, 0.2) is 5.79 Å². The SMILES string of the molecule is CCCCC1(C[C@@H](NC(=O)OC)C(=O)N[C@@H](Cc2cc(F)cc(F)c2)[C@H](O)CNCc2cccc(CC)c2)OCCO1. The van der Waals surface area contributed by atoms with Crippen molar-refractivity contribution in [1.82, 2.24) is 16.0 Å². The Hall–Kier alpha value is -3.12. The molecule has 3 rings (SSSR count). The number of rotatable bonds is 16. The summed E-state index contributed by atoms with van der Waals surface area (Å²) in [7, 11) is 1.19. The number of halogens is 2. The minimum absolute atomic E-state index is 0.0113.